The van der Waals surface area contributed by atoms with Gasteiger partial charge < -0.3 is 9.84 Å². The van der Waals surface area contributed by atoms with Crippen molar-refractivity contribution < 1.29 is 9.84 Å². The first-order valence-corrected chi connectivity index (χ1v) is 9.09. The van der Waals surface area contributed by atoms with Crippen molar-refractivity contribution in [2.45, 2.75) is 86.9 Å². The Hall–Kier alpha value is -0.0800. The van der Waals surface area contributed by atoms with Gasteiger partial charge in [0.15, 0.2) is 0 Å². The second kappa shape index (κ2) is 7.21. The highest BCUT2D eigenvalue weighted by Gasteiger charge is 2.45. The summed E-state index contributed by atoms with van der Waals surface area (Å²) in [4.78, 5) is 0. The average molecular weight is 313 g/mol. The molecule has 1 fully saturated rings. The van der Waals surface area contributed by atoms with E-state index in [4.69, 9.17) is 4.74 Å². The Kier molecular flexibility index (Phi) is 6.55. The summed E-state index contributed by atoms with van der Waals surface area (Å²) in [5.41, 5.74) is 0.644. The molecule has 22 heavy (non-hydrogen) atoms. The van der Waals surface area contributed by atoms with E-state index in [0.717, 1.165) is 12.8 Å². The normalized spacial score (nSPS) is 33.5. The zero-order valence-electron chi connectivity index (χ0n) is 16.4. The fourth-order valence-corrected chi connectivity index (χ4v) is 4.68. The predicted octanol–water partition coefficient (Wildman–Crippen LogP) is 5.14. The molecule has 2 heteroatoms. The molecule has 2 nitrogen and oxygen atoms in total. The molecule has 0 aliphatic heterocycles. The van der Waals surface area contributed by atoms with Crippen LogP contribution in [0.1, 0.15) is 74.7 Å². The van der Waals surface area contributed by atoms with Crippen molar-refractivity contribution in [3.05, 3.63) is 0 Å². The van der Waals surface area contributed by atoms with Crippen molar-refractivity contribution in [1.82, 2.24) is 0 Å². The van der Waals surface area contributed by atoms with E-state index in [2.05, 4.69) is 55.4 Å². The molecule has 0 aromatic carbocycles. The Morgan fingerprint density at radius 1 is 1.09 bits per heavy atom. The molecular formula is C20H40O2. The summed E-state index contributed by atoms with van der Waals surface area (Å²) in [6.45, 7) is 18.7. The van der Waals surface area contributed by atoms with E-state index in [1.807, 2.05) is 0 Å². The number of methoxy groups -OCH3 is 1. The predicted molar refractivity (Wildman–Crippen MR) is 94.9 cm³/mol. The van der Waals surface area contributed by atoms with Crippen LogP contribution in [0.2, 0.25) is 0 Å². The van der Waals surface area contributed by atoms with Crippen molar-refractivity contribution in [3.8, 4) is 0 Å². The smallest absolute Gasteiger partial charge is 0.0598 e. The molecule has 0 radical (unpaired) electrons. The van der Waals surface area contributed by atoms with Gasteiger partial charge in [0.2, 0.25) is 0 Å². The number of rotatable bonds is 4. The zero-order chi connectivity index (χ0) is 17.3. The summed E-state index contributed by atoms with van der Waals surface area (Å²) in [6, 6.07) is 0. The van der Waals surface area contributed by atoms with Crippen LogP contribution in [0.25, 0.3) is 0 Å². The minimum atomic E-state index is -0.212. The Morgan fingerprint density at radius 2 is 1.64 bits per heavy atom. The highest BCUT2D eigenvalue weighted by atomic mass is 16.5. The van der Waals surface area contributed by atoms with Gasteiger partial charge >= 0.3 is 0 Å². The lowest BCUT2D eigenvalue weighted by molar-refractivity contribution is -0.0911. The van der Waals surface area contributed by atoms with E-state index < -0.39 is 0 Å². The van der Waals surface area contributed by atoms with Crippen LogP contribution in [-0.4, -0.2) is 24.4 Å². The van der Waals surface area contributed by atoms with Gasteiger partial charge in [-0.25, -0.2) is 0 Å². The fraction of sp³-hybridized carbons (Fsp3) is 1.00. The van der Waals surface area contributed by atoms with Crippen LogP contribution in [0.5, 0.6) is 0 Å². The molecule has 1 aliphatic rings. The van der Waals surface area contributed by atoms with Crippen LogP contribution in [0.4, 0.5) is 0 Å². The van der Waals surface area contributed by atoms with Gasteiger partial charge in [-0.05, 0) is 54.8 Å². The van der Waals surface area contributed by atoms with Gasteiger partial charge in [0, 0.05) is 13.0 Å². The third-order valence-electron chi connectivity index (χ3n) is 5.90. The Bertz CT molecular complexity index is 333. The van der Waals surface area contributed by atoms with E-state index in [-0.39, 0.29) is 18.1 Å². The largest absolute Gasteiger partial charge is 0.393 e. The number of hydrogen-bond donors (Lipinski definition) is 1. The van der Waals surface area contributed by atoms with E-state index >= 15 is 0 Å². The molecule has 0 aromatic rings. The Morgan fingerprint density at radius 3 is 2.05 bits per heavy atom. The first-order chi connectivity index (χ1) is 9.88. The number of hydrogen-bond acceptors (Lipinski definition) is 2. The minimum absolute atomic E-state index is 0.128. The maximum atomic E-state index is 10.5. The molecule has 1 saturated carbocycles. The topological polar surface area (TPSA) is 29.5 Å². The molecule has 0 heterocycles. The highest BCUT2D eigenvalue weighted by molar-refractivity contribution is 4.94. The maximum Gasteiger partial charge on any atom is 0.0598 e. The summed E-state index contributed by atoms with van der Waals surface area (Å²) in [7, 11) is 1.77. The van der Waals surface area contributed by atoms with E-state index in [1.165, 1.54) is 6.42 Å². The molecule has 0 aromatic heterocycles. The van der Waals surface area contributed by atoms with Gasteiger partial charge in [-0.2, -0.15) is 0 Å². The summed E-state index contributed by atoms with van der Waals surface area (Å²) < 4.78 is 5.59. The van der Waals surface area contributed by atoms with Crippen molar-refractivity contribution in [3.63, 3.8) is 0 Å². The van der Waals surface area contributed by atoms with Gasteiger partial charge in [-0.15, -0.1) is 0 Å². The standard InChI is InChI=1S/C20H40O2/c1-13-15(10-11-17(21)18(13)14(2)22-9)16(20(6,7)8)12-19(3,4)5/h13-18,21H,10-12H2,1-9H3. The van der Waals surface area contributed by atoms with Crippen molar-refractivity contribution in [1.29, 1.82) is 0 Å². The van der Waals surface area contributed by atoms with Crippen molar-refractivity contribution in [2.75, 3.05) is 7.11 Å². The zero-order valence-corrected chi connectivity index (χ0v) is 16.4. The van der Waals surface area contributed by atoms with E-state index in [9.17, 15) is 5.11 Å². The molecule has 1 N–H and O–H groups in total. The first kappa shape index (κ1) is 20.0. The molecule has 6 unspecified atom stereocenters. The second-order valence-electron chi connectivity index (χ2n) is 9.92. The SMILES string of the molecule is COC(C)C1C(O)CCC(C(CC(C)(C)C)C(C)(C)C)C1C. The monoisotopic (exact) mass is 312 g/mol. The van der Waals surface area contributed by atoms with Gasteiger partial charge in [0.05, 0.1) is 12.2 Å². The van der Waals surface area contributed by atoms with E-state index in [1.54, 1.807) is 7.11 Å². The van der Waals surface area contributed by atoms with Crippen LogP contribution in [0.3, 0.4) is 0 Å². The Balaban J connectivity index is 3.04. The second-order valence-corrected chi connectivity index (χ2v) is 9.92. The van der Waals surface area contributed by atoms with Gasteiger partial charge in [0.25, 0.3) is 0 Å². The molecule has 0 bridgehead atoms. The molecule has 6 atom stereocenters. The molecule has 0 saturated heterocycles. The summed E-state index contributed by atoms with van der Waals surface area (Å²) in [5, 5.41) is 10.5. The summed E-state index contributed by atoms with van der Waals surface area (Å²) in [6.07, 6.45) is 3.23. The highest BCUT2D eigenvalue weighted by Crippen LogP contribution is 2.49. The van der Waals surface area contributed by atoms with Crippen LogP contribution in [0, 0.1) is 34.5 Å². The quantitative estimate of drug-likeness (QED) is 0.778. The summed E-state index contributed by atoms with van der Waals surface area (Å²) >= 11 is 0. The van der Waals surface area contributed by atoms with Crippen molar-refractivity contribution in [2.24, 2.45) is 34.5 Å². The fourth-order valence-electron chi connectivity index (χ4n) is 4.68. The molecule has 132 valence electrons. The van der Waals surface area contributed by atoms with Crippen LogP contribution in [-0.2, 0) is 4.74 Å². The lowest BCUT2D eigenvalue weighted by Crippen LogP contribution is -2.47. The van der Waals surface area contributed by atoms with Crippen LogP contribution in [0.15, 0.2) is 0 Å². The van der Waals surface area contributed by atoms with Crippen molar-refractivity contribution >= 4 is 0 Å². The van der Waals surface area contributed by atoms with Crippen LogP contribution >= 0.6 is 0 Å². The number of ether oxygens (including phenoxy) is 1. The minimum Gasteiger partial charge on any atom is -0.393 e. The third-order valence-corrected chi connectivity index (χ3v) is 5.90. The number of aliphatic hydroxyl groups excluding tert-OH is 1. The molecule has 1 aliphatic carbocycles. The van der Waals surface area contributed by atoms with Gasteiger partial charge in [0.1, 0.15) is 0 Å². The third kappa shape index (κ3) is 4.96. The number of aliphatic hydroxyl groups is 1. The van der Waals surface area contributed by atoms with Crippen LogP contribution < -0.4 is 0 Å². The Labute approximate surface area is 139 Å². The van der Waals surface area contributed by atoms with Gasteiger partial charge in [-0.3, -0.25) is 0 Å². The molecular weight excluding hydrogens is 272 g/mol. The lowest BCUT2D eigenvalue weighted by atomic mass is 9.57. The molecule has 0 spiro atoms. The molecule has 1 rings (SSSR count). The van der Waals surface area contributed by atoms with Gasteiger partial charge in [-0.1, -0.05) is 48.5 Å². The molecule has 0 amide bonds. The lowest BCUT2D eigenvalue weighted by Gasteiger charge is -2.49. The first-order valence-electron chi connectivity index (χ1n) is 9.09. The van der Waals surface area contributed by atoms with E-state index in [0.29, 0.717) is 28.6 Å². The average Bonchev–Trinajstić information content (AvgIpc) is 2.34. The maximum absolute atomic E-state index is 10.5. The summed E-state index contributed by atoms with van der Waals surface area (Å²) in [5.74, 6) is 2.12.